The number of carbonyl (C=O) groups is 1. The standard InChI is InChI=1S/C18H17N2O4PS/c19-15-7-6-13(17-5-2-8-26-17)10-16(15)20-18(21)14-4-1-3-12(9-14)11-24-25(22)23/h1-10,25H,11,19H2,(H,20,21)(H,22,23). The average Bonchev–Trinajstić information content (AvgIpc) is 3.16. The van der Waals surface area contributed by atoms with E-state index in [4.69, 9.17) is 15.2 Å². The number of nitrogen functional groups attached to an aromatic ring is 1. The number of amides is 1. The molecule has 1 heterocycles. The molecule has 3 aromatic rings. The lowest BCUT2D eigenvalue weighted by Crippen LogP contribution is -2.13. The Balaban J connectivity index is 1.79. The van der Waals surface area contributed by atoms with Crippen molar-refractivity contribution in [1.82, 2.24) is 0 Å². The van der Waals surface area contributed by atoms with Crippen LogP contribution < -0.4 is 11.1 Å². The summed E-state index contributed by atoms with van der Waals surface area (Å²) in [6.45, 7) is -0.0363. The van der Waals surface area contributed by atoms with Crippen LogP contribution in [0.15, 0.2) is 60.0 Å². The van der Waals surface area contributed by atoms with Gasteiger partial charge in [-0.3, -0.25) is 9.36 Å². The summed E-state index contributed by atoms with van der Waals surface area (Å²) >= 11 is 1.60. The van der Waals surface area contributed by atoms with Crippen LogP contribution in [-0.2, 0) is 15.7 Å². The molecule has 0 saturated carbocycles. The second-order valence-corrected chi connectivity index (χ2v) is 7.26. The molecule has 1 atom stereocenters. The summed E-state index contributed by atoms with van der Waals surface area (Å²) in [6.07, 6.45) is 0. The molecule has 134 valence electrons. The number of carbonyl (C=O) groups excluding carboxylic acids is 1. The van der Waals surface area contributed by atoms with Crippen LogP contribution in [0.2, 0.25) is 0 Å². The number of hydrogen-bond donors (Lipinski definition) is 3. The first kappa shape index (κ1) is 18.4. The molecule has 1 amide bonds. The van der Waals surface area contributed by atoms with Gasteiger partial charge in [0.2, 0.25) is 0 Å². The molecule has 26 heavy (non-hydrogen) atoms. The van der Waals surface area contributed by atoms with Gasteiger partial charge in [0.05, 0.1) is 18.0 Å². The molecule has 1 aromatic heterocycles. The highest BCUT2D eigenvalue weighted by Gasteiger charge is 2.11. The largest absolute Gasteiger partial charge is 0.397 e. The number of anilines is 2. The fourth-order valence-corrected chi connectivity index (χ4v) is 3.42. The minimum absolute atomic E-state index is 0.0363. The summed E-state index contributed by atoms with van der Waals surface area (Å²) < 4.78 is 15.4. The van der Waals surface area contributed by atoms with E-state index in [1.54, 1.807) is 41.7 Å². The predicted octanol–water partition coefficient (Wildman–Crippen LogP) is 4.15. The number of thiophene rings is 1. The highest BCUT2D eigenvalue weighted by Crippen LogP contribution is 2.30. The van der Waals surface area contributed by atoms with Gasteiger partial charge in [-0.05, 0) is 46.8 Å². The fourth-order valence-electron chi connectivity index (χ4n) is 2.40. The third kappa shape index (κ3) is 4.59. The molecule has 8 heteroatoms. The summed E-state index contributed by atoms with van der Waals surface area (Å²) in [5.74, 6) is -0.321. The first-order valence-corrected chi connectivity index (χ1v) is 9.86. The van der Waals surface area contributed by atoms with Gasteiger partial charge >= 0.3 is 8.25 Å². The van der Waals surface area contributed by atoms with Crippen molar-refractivity contribution in [1.29, 1.82) is 0 Å². The zero-order valence-corrected chi connectivity index (χ0v) is 15.5. The van der Waals surface area contributed by atoms with Gasteiger partial charge in [0.1, 0.15) is 0 Å². The third-order valence-electron chi connectivity index (χ3n) is 3.66. The van der Waals surface area contributed by atoms with Crippen LogP contribution in [0.1, 0.15) is 15.9 Å². The Hall–Kier alpha value is -2.44. The van der Waals surface area contributed by atoms with Crippen molar-refractivity contribution in [3.05, 3.63) is 71.1 Å². The molecule has 0 radical (unpaired) electrons. The van der Waals surface area contributed by atoms with E-state index in [0.717, 1.165) is 10.4 Å². The zero-order chi connectivity index (χ0) is 18.5. The van der Waals surface area contributed by atoms with Crippen molar-refractivity contribution in [2.75, 3.05) is 11.1 Å². The summed E-state index contributed by atoms with van der Waals surface area (Å²) in [5, 5.41) is 4.80. The molecule has 0 saturated heterocycles. The molecular weight excluding hydrogens is 371 g/mol. The highest BCUT2D eigenvalue weighted by molar-refractivity contribution is 7.32. The van der Waals surface area contributed by atoms with Crippen molar-refractivity contribution in [2.24, 2.45) is 0 Å². The van der Waals surface area contributed by atoms with E-state index in [1.165, 1.54) is 0 Å². The van der Waals surface area contributed by atoms with E-state index in [-0.39, 0.29) is 12.5 Å². The molecule has 0 fully saturated rings. The first-order chi connectivity index (χ1) is 12.5. The zero-order valence-electron chi connectivity index (χ0n) is 13.6. The number of hydrogen-bond acceptors (Lipinski definition) is 5. The Bertz CT molecular complexity index is 944. The van der Waals surface area contributed by atoms with Gasteiger partial charge in [-0.2, -0.15) is 0 Å². The van der Waals surface area contributed by atoms with Gasteiger partial charge in [0.15, 0.2) is 0 Å². The second-order valence-electron chi connectivity index (χ2n) is 5.49. The maximum absolute atomic E-state index is 12.5. The lowest BCUT2D eigenvalue weighted by atomic mass is 10.1. The predicted molar refractivity (Wildman–Crippen MR) is 105 cm³/mol. The molecular formula is C18H17N2O4PS. The van der Waals surface area contributed by atoms with E-state index < -0.39 is 8.25 Å². The van der Waals surface area contributed by atoms with Gasteiger partial charge in [-0.15, -0.1) is 11.3 Å². The Morgan fingerprint density at radius 1 is 1.19 bits per heavy atom. The van der Waals surface area contributed by atoms with Crippen molar-refractivity contribution in [3.8, 4) is 10.4 Å². The highest BCUT2D eigenvalue weighted by atomic mass is 32.1. The van der Waals surface area contributed by atoms with Crippen molar-refractivity contribution >= 4 is 36.9 Å². The minimum atomic E-state index is -3.01. The van der Waals surface area contributed by atoms with Crippen LogP contribution in [0, 0.1) is 0 Å². The molecule has 4 N–H and O–H groups in total. The molecule has 0 spiro atoms. The van der Waals surface area contributed by atoms with Gasteiger partial charge < -0.3 is 20.5 Å². The minimum Gasteiger partial charge on any atom is -0.397 e. The summed E-state index contributed by atoms with van der Waals surface area (Å²) in [7, 11) is -3.01. The van der Waals surface area contributed by atoms with E-state index >= 15 is 0 Å². The fraction of sp³-hybridized carbons (Fsp3) is 0.0556. The van der Waals surface area contributed by atoms with Crippen LogP contribution in [0.25, 0.3) is 10.4 Å². The van der Waals surface area contributed by atoms with Gasteiger partial charge in [-0.25, -0.2) is 0 Å². The summed E-state index contributed by atoms with van der Waals surface area (Å²) in [5.41, 5.74) is 9.00. The number of nitrogens with two attached hydrogens (primary N) is 1. The quantitative estimate of drug-likeness (QED) is 0.435. The van der Waals surface area contributed by atoms with Gasteiger partial charge in [-0.1, -0.05) is 24.3 Å². The molecule has 2 aromatic carbocycles. The van der Waals surface area contributed by atoms with E-state index in [1.807, 2.05) is 29.6 Å². The smallest absolute Gasteiger partial charge is 0.316 e. The normalized spacial score (nSPS) is 11.9. The Morgan fingerprint density at radius 3 is 2.77 bits per heavy atom. The molecule has 0 aliphatic rings. The lowest BCUT2D eigenvalue weighted by molar-refractivity contribution is 0.102. The van der Waals surface area contributed by atoms with Crippen LogP contribution in [0.3, 0.4) is 0 Å². The van der Waals surface area contributed by atoms with Crippen LogP contribution >= 0.6 is 19.6 Å². The number of rotatable bonds is 6. The Kier molecular flexibility index (Phi) is 5.85. The van der Waals surface area contributed by atoms with Crippen LogP contribution in [-0.4, -0.2) is 10.8 Å². The Morgan fingerprint density at radius 2 is 2.04 bits per heavy atom. The molecule has 0 aliphatic heterocycles. The van der Waals surface area contributed by atoms with Crippen molar-refractivity contribution < 1.29 is 18.8 Å². The van der Waals surface area contributed by atoms with Gasteiger partial charge in [0, 0.05) is 10.4 Å². The average molecular weight is 388 g/mol. The third-order valence-corrected chi connectivity index (χ3v) is 4.97. The van der Waals surface area contributed by atoms with Gasteiger partial charge in [0.25, 0.3) is 5.91 Å². The number of benzene rings is 2. The molecule has 0 aliphatic carbocycles. The topological polar surface area (TPSA) is 102 Å². The van der Waals surface area contributed by atoms with E-state index in [2.05, 4.69) is 5.32 Å². The Labute approximate surface area is 155 Å². The molecule has 0 bridgehead atoms. The van der Waals surface area contributed by atoms with Crippen LogP contribution in [0.4, 0.5) is 11.4 Å². The monoisotopic (exact) mass is 388 g/mol. The lowest BCUT2D eigenvalue weighted by Gasteiger charge is -2.11. The SMILES string of the molecule is Nc1ccc(-c2cccs2)cc1NC(=O)c1cccc(CO[PH](=O)O)c1. The molecule has 6 nitrogen and oxygen atoms in total. The maximum atomic E-state index is 12.5. The first-order valence-electron chi connectivity index (χ1n) is 7.72. The second kappa shape index (κ2) is 8.29. The van der Waals surface area contributed by atoms with Crippen LogP contribution in [0.5, 0.6) is 0 Å². The molecule has 1 unspecified atom stereocenters. The number of nitrogens with one attached hydrogen (secondary N) is 1. The maximum Gasteiger partial charge on any atom is 0.316 e. The summed E-state index contributed by atoms with van der Waals surface area (Å²) in [4.78, 5) is 22.4. The van der Waals surface area contributed by atoms with E-state index in [0.29, 0.717) is 22.5 Å². The van der Waals surface area contributed by atoms with E-state index in [9.17, 15) is 9.36 Å². The van der Waals surface area contributed by atoms with Crippen molar-refractivity contribution in [3.63, 3.8) is 0 Å². The summed E-state index contributed by atoms with van der Waals surface area (Å²) in [6, 6.07) is 16.1. The van der Waals surface area contributed by atoms with Crippen molar-refractivity contribution in [2.45, 2.75) is 6.61 Å². The molecule has 3 rings (SSSR count).